The zero-order valence-electron chi connectivity index (χ0n) is 11.7. The van der Waals surface area contributed by atoms with Gasteiger partial charge in [-0.15, -0.1) is 11.3 Å². The van der Waals surface area contributed by atoms with E-state index in [9.17, 15) is 0 Å². The average Bonchev–Trinajstić information content (AvgIpc) is 2.82. The van der Waals surface area contributed by atoms with Crippen LogP contribution < -0.4 is 10.2 Å². The molecule has 0 saturated carbocycles. The predicted molar refractivity (Wildman–Crippen MR) is 82.0 cm³/mol. The van der Waals surface area contributed by atoms with Gasteiger partial charge < -0.3 is 10.2 Å². The summed E-state index contributed by atoms with van der Waals surface area (Å²) >= 11 is 1.69. The minimum atomic E-state index is 0.786. The first-order valence-corrected chi connectivity index (χ1v) is 7.40. The summed E-state index contributed by atoms with van der Waals surface area (Å²) in [6, 6.07) is 6.06. The van der Waals surface area contributed by atoms with E-state index in [1.165, 1.54) is 0 Å². The van der Waals surface area contributed by atoms with Gasteiger partial charge in [0.25, 0.3) is 0 Å². The van der Waals surface area contributed by atoms with E-state index < -0.39 is 0 Å². The van der Waals surface area contributed by atoms with E-state index in [2.05, 4.69) is 32.5 Å². The molecule has 2 aromatic rings. The van der Waals surface area contributed by atoms with Crippen LogP contribution in [0.5, 0.6) is 0 Å². The van der Waals surface area contributed by atoms with Gasteiger partial charge in [0.1, 0.15) is 11.6 Å². The summed E-state index contributed by atoms with van der Waals surface area (Å²) in [5.74, 6) is 1.90. The minimum Gasteiger partial charge on any atom is -0.370 e. The Morgan fingerprint density at radius 2 is 2.16 bits per heavy atom. The van der Waals surface area contributed by atoms with E-state index in [0.29, 0.717) is 0 Å². The Morgan fingerprint density at radius 3 is 2.84 bits per heavy atom. The van der Waals surface area contributed by atoms with Gasteiger partial charge >= 0.3 is 0 Å². The normalized spacial score (nSPS) is 10.5. The van der Waals surface area contributed by atoms with Gasteiger partial charge in [0.05, 0.1) is 17.2 Å². The lowest BCUT2D eigenvalue weighted by Crippen LogP contribution is -2.18. The molecule has 2 heterocycles. The van der Waals surface area contributed by atoms with E-state index >= 15 is 0 Å². The molecule has 0 aliphatic heterocycles. The fraction of sp³-hybridized carbons (Fsp3) is 0.429. The molecule has 2 rings (SSSR count). The van der Waals surface area contributed by atoms with Crippen LogP contribution in [0.2, 0.25) is 0 Å². The van der Waals surface area contributed by atoms with Crippen LogP contribution in [0.4, 0.5) is 11.6 Å². The molecule has 102 valence electrons. The highest BCUT2D eigenvalue weighted by Crippen LogP contribution is 2.16. The highest BCUT2D eigenvalue weighted by molar-refractivity contribution is 7.09. The Bertz CT molecular complexity index is 524. The van der Waals surface area contributed by atoms with Crippen LogP contribution in [-0.4, -0.2) is 23.6 Å². The minimum absolute atomic E-state index is 0.786. The summed E-state index contributed by atoms with van der Waals surface area (Å²) in [6.45, 7) is 5.91. The van der Waals surface area contributed by atoms with Crippen LogP contribution in [0, 0.1) is 6.92 Å². The van der Waals surface area contributed by atoms with Crippen LogP contribution in [0.15, 0.2) is 23.6 Å². The van der Waals surface area contributed by atoms with Crippen molar-refractivity contribution in [1.29, 1.82) is 0 Å². The second-order valence-electron chi connectivity index (χ2n) is 4.52. The van der Waals surface area contributed by atoms with Gasteiger partial charge in [-0.05, 0) is 25.5 Å². The molecule has 0 bridgehead atoms. The number of aryl methyl sites for hydroxylation is 1. The standard InChI is InChI=1S/C14H20N4S/c1-4-8-15-13-6-5-7-14(17-13)18(3)9-12-10-19-11(2)16-12/h5-7,10H,4,8-9H2,1-3H3,(H,15,17). The van der Waals surface area contributed by atoms with E-state index in [1.807, 2.05) is 32.2 Å². The number of pyridine rings is 1. The Balaban J connectivity index is 2.03. The Kier molecular flexibility index (Phi) is 4.74. The van der Waals surface area contributed by atoms with E-state index in [4.69, 9.17) is 0 Å². The van der Waals surface area contributed by atoms with Crippen molar-refractivity contribution in [1.82, 2.24) is 9.97 Å². The third kappa shape index (κ3) is 3.92. The van der Waals surface area contributed by atoms with Gasteiger partial charge in [-0.25, -0.2) is 9.97 Å². The van der Waals surface area contributed by atoms with Crippen LogP contribution >= 0.6 is 11.3 Å². The van der Waals surface area contributed by atoms with Crippen molar-refractivity contribution in [2.24, 2.45) is 0 Å². The molecule has 4 nitrogen and oxygen atoms in total. The third-order valence-electron chi connectivity index (χ3n) is 2.75. The monoisotopic (exact) mass is 276 g/mol. The lowest BCUT2D eigenvalue weighted by Gasteiger charge is -2.17. The van der Waals surface area contributed by atoms with Crippen molar-refractivity contribution < 1.29 is 0 Å². The van der Waals surface area contributed by atoms with Crippen molar-refractivity contribution in [3.63, 3.8) is 0 Å². The highest BCUT2D eigenvalue weighted by atomic mass is 32.1. The first kappa shape index (κ1) is 13.8. The summed E-state index contributed by atoms with van der Waals surface area (Å²) in [7, 11) is 2.04. The van der Waals surface area contributed by atoms with Gasteiger partial charge in [-0.3, -0.25) is 0 Å². The third-order valence-corrected chi connectivity index (χ3v) is 3.57. The highest BCUT2D eigenvalue weighted by Gasteiger charge is 2.06. The quantitative estimate of drug-likeness (QED) is 0.879. The van der Waals surface area contributed by atoms with Crippen LogP contribution in [0.1, 0.15) is 24.0 Å². The predicted octanol–water partition coefficient (Wildman–Crippen LogP) is 3.30. The Morgan fingerprint density at radius 1 is 1.32 bits per heavy atom. The van der Waals surface area contributed by atoms with E-state index in [0.717, 1.165) is 41.8 Å². The van der Waals surface area contributed by atoms with Gasteiger partial charge in [0.2, 0.25) is 0 Å². The molecule has 0 aliphatic carbocycles. The maximum atomic E-state index is 4.60. The molecular formula is C14H20N4S. The summed E-state index contributed by atoms with van der Waals surface area (Å²) in [4.78, 5) is 11.2. The number of nitrogens with zero attached hydrogens (tertiary/aromatic N) is 3. The smallest absolute Gasteiger partial charge is 0.131 e. The molecule has 0 atom stereocenters. The van der Waals surface area contributed by atoms with Gasteiger partial charge in [-0.2, -0.15) is 0 Å². The molecule has 0 amide bonds. The molecule has 2 aromatic heterocycles. The molecule has 19 heavy (non-hydrogen) atoms. The second kappa shape index (κ2) is 6.52. The zero-order chi connectivity index (χ0) is 13.7. The average molecular weight is 276 g/mol. The van der Waals surface area contributed by atoms with Crippen molar-refractivity contribution in [3.05, 3.63) is 34.3 Å². The number of nitrogens with one attached hydrogen (secondary N) is 1. The van der Waals surface area contributed by atoms with Crippen molar-refractivity contribution in [2.75, 3.05) is 23.8 Å². The summed E-state index contributed by atoms with van der Waals surface area (Å²) in [6.07, 6.45) is 1.10. The first-order chi connectivity index (χ1) is 9.19. The molecular weight excluding hydrogens is 256 g/mol. The fourth-order valence-electron chi connectivity index (χ4n) is 1.79. The molecule has 0 fully saturated rings. The molecule has 0 radical (unpaired) electrons. The molecule has 0 aliphatic rings. The SMILES string of the molecule is CCCNc1cccc(N(C)Cc2csc(C)n2)n1. The summed E-state index contributed by atoms with van der Waals surface area (Å²) in [5, 5.41) is 6.51. The molecule has 0 spiro atoms. The first-order valence-electron chi connectivity index (χ1n) is 6.52. The van der Waals surface area contributed by atoms with Gasteiger partial charge in [0.15, 0.2) is 0 Å². The maximum Gasteiger partial charge on any atom is 0.131 e. The molecule has 0 unspecified atom stereocenters. The number of thiazole rings is 1. The Labute approximate surface area is 118 Å². The zero-order valence-corrected chi connectivity index (χ0v) is 12.5. The van der Waals surface area contributed by atoms with Crippen molar-refractivity contribution >= 4 is 23.0 Å². The summed E-state index contributed by atoms with van der Waals surface area (Å²) in [5.41, 5.74) is 1.10. The van der Waals surface area contributed by atoms with Crippen LogP contribution in [0.3, 0.4) is 0 Å². The lowest BCUT2D eigenvalue weighted by atomic mass is 10.3. The van der Waals surface area contributed by atoms with Crippen LogP contribution in [-0.2, 0) is 6.54 Å². The number of anilines is 2. The lowest BCUT2D eigenvalue weighted by molar-refractivity contribution is 0.868. The molecule has 0 aromatic carbocycles. The number of hydrogen-bond donors (Lipinski definition) is 1. The van der Waals surface area contributed by atoms with Gasteiger partial charge in [0, 0.05) is 19.0 Å². The second-order valence-corrected chi connectivity index (χ2v) is 5.58. The van der Waals surface area contributed by atoms with Gasteiger partial charge in [-0.1, -0.05) is 13.0 Å². The van der Waals surface area contributed by atoms with E-state index in [-0.39, 0.29) is 0 Å². The van der Waals surface area contributed by atoms with E-state index in [1.54, 1.807) is 11.3 Å². The Hall–Kier alpha value is -1.62. The molecule has 5 heteroatoms. The largest absolute Gasteiger partial charge is 0.370 e. The molecule has 0 saturated heterocycles. The van der Waals surface area contributed by atoms with Crippen molar-refractivity contribution in [3.8, 4) is 0 Å². The van der Waals surface area contributed by atoms with Crippen LogP contribution in [0.25, 0.3) is 0 Å². The number of aromatic nitrogens is 2. The topological polar surface area (TPSA) is 41.0 Å². The maximum absolute atomic E-state index is 4.60. The van der Waals surface area contributed by atoms with Crippen molar-refractivity contribution in [2.45, 2.75) is 26.8 Å². The fourth-order valence-corrected chi connectivity index (χ4v) is 2.40. The summed E-state index contributed by atoms with van der Waals surface area (Å²) < 4.78 is 0. The number of hydrogen-bond acceptors (Lipinski definition) is 5. The number of rotatable bonds is 6. The molecule has 1 N–H and O–H groups in total.